The van der Waals surface area contributed by atoms with Crippen LogP contribution in [0.15, 0.2) is 60.7 Å². The Morgan fingerprint density at radius 1 is 0.840 bits per heavy atom. The molecule has 4 heterocycles. The van der Waals surface area contributed by atoms with Crippen LogP contribution in [0.1, 0.15) is 42.4 Å². The largest absolute Gasteiger partial charge is 0.496 e. The van der Waals surface area contributed by atoms with E-state index in [-0.39, 0.29) is 23.9 Å². The van der Waals surface area contributed by atoms with Crippen LogP contribution in [0.5, 0.6) is 11.6 Å². The standard InChI is InChI=1S/C39H41Cl2N5O4/c1-49-34-18-24(17-25-21-46(16-15-28(25)34)22-27-11-14-36(48)44-27)29-5-3-6-30(37(29)40)31-7-4-8-32(38(31)41)33-12-9-23(39(45-33)50-2)19-42-20-26-10-13-35(47)43-26/h3-9,12,17-18,26-27,42H,10-11,13-16,19-22H2,1-2H3,(H,43,47)(H,44,48). The van der Waals surface area contributed by atoms with Crippen LogP contribution in [0, 0.1) is 0 Å². The summed E-state index contributed by atoms with van der Waals surface area (Å²) >= 11 is 14.4. The number of hydrogen-bond acceptors (Lipinski definition) is 7. The van der Waals surface area contributed by atoms with Gasteiger partial charge < -0.3 is 25.4 Å². The van der Waals surface area contributed by atoms with E-state index in [0.29, 0.717) is 47.6 Å². The SMILES string of the molecule is COc1cc(-c2cccc(-c3cccc(-c4ccc(CNCC5CCC(=O)N5)c(OC)n4)c3Cl)c2Cl)cc2c1CCN(CC1CCC(=O)N1)C2. The minimum atomic E-state index is 0.103. The molecule has 11 heteroatoms. The lowest BCUT2D eigenvalue weighted by Crippen LogP contribution is -2.41. The van der Waals surface area contributed by atoms with Gasteiger partial charge in [-0.15, -0.1) is 0 Å². The molecular weight excluding hydrogens is 673 g/mol. The number of carbonyl (C=O) groups excluding carboxylic acids is 2. The van der Waals surface area contributed by atoms with E-state index in [9.17, 15) is 9.59 Å². The highest BCUT2D eigenvalue weighted by Gasteiger charge is 2.27. The minimum absolute atomic E-state index is 0.103. The molecule has 0 saturated carbocycles. The predicted molar refractivity (Wildman–Crippen MR) is 197 cm³/mol. The Labute approximate surface area is 302 Å². The summed E-state index contributed by atoms with van der Waals surface area (Å²) in [5.74, 6) is 1.62. The summed E-state index contributed by atoms with van der Waals surface area (Å²) in [4.78, 5) is 30.5. The monoisotopic (exact) mass is 713 g/mol. The van der Waals surface area contributed by atoms with Crippen LogP contribution in [0.3, 0.4) is 0 Å². The van der Waals surface area contributed by atoms with Crippen LogP contribution < -0.4 is 25.4 Å². The molecule has 0 aliphatic carbocycles. The maximum atomic E-state index is 11.8. The van der Waals surface area contributed by atoms with Gasteiger partial charge in [0.1, 0.15) is 5.75 Å². The molecule has 3 N–H and O–H groups in total. The Balaban J connectivity index is 1.14. The molecule has 3 aliphatic rings. The number of aromatic nitrogens is 1. The number of ether oxygens (including phenoxy) is 2. The lowest BCUT2D eigenvalue weighted by atomic mass is 9.91. The highest BCUT2D eigenvalue weighted by molar-refractivity contribution is 6.39. The molecule has 2 atom stereocenters. The van der Waals surface area contributed by atoms with Crippen LogP contribution >= 0.6 is 23.2 Å². The molecule has 1 aromatic heterocycles. The van der Waals surface area contributed by atoms with Gasteiger partial charge in [0.05, 0.1) is 30.0 Å². The van der Waals surface area contributed by atoms with E-state index < -0.39 is 0 Å². The highest BCUT2D eigenvalue weighted by Crippen LogP contribution is 2.44. The normalized spacial score (nSPS) is 18.9. The fraction of sp³-hybridized carbons (Fsp3) is 0.359. The van der Waals surface area contributed by atoms with E-state index in [0.717, 1.165) is 78.0 Å². The molecule has 0 bridgehead atoms. The number of methoxy groups -OCH3 is 2. The van der Waals surface area contributed by atoms with E-state index in [1.54, 1.807) is 14.2 Å². The van der Waals surface area contributed by atoms with E-state index in [2.05, 4.69) is 33.0 Å². The number of hydrogen-bond donors (Lipinski definition) is 3. The molecule has 0 radical (unpaired) electrons. The number of pyridine rings is 1. The predicted octanol–water partition coefficient (Wildman–Crippen LogP) is 6.41. The second-order valence-corrected chi connectivity index (χ2v) is 14.0. The molecular formula is C39H41Cl2N5O4. The fourth-order valence-corrected chi connectivity index (χ4v) is 8.04. The number of nitrogens with one attached hydrogen (secondary N) is 3. The van der Waals surface area contributed by atoms with Gasteiger partial charge in [-0.1, -0.05) is 65.7 Å². The molecule has 2 unspecified atom stereocenters. The van der Waals surface area contributed by atoms with Gasteiger partial charge in [0, 0.05) is 85.5 Å². The van der Waals surface area contributed by atoms with Crippen molar-refractivity contribution in [2.24, 2.45) is 0 Å². The van der Waals surface area contributed by atoms with Crippen molar-refractivity contribution in [3.8, 4) is 45.1 Å². The minimum Gasteiger partial charge on any atom is -0.496 e. The molecule has 260 valence electrons. The molecule has 9 nitrogen and oxygen atoms in total. The summed E-state index contributed by atoms with van der Waals surface area (Å²) in [5.41, 5.74) is 8.28. The third-order valence-corrected chi connectivity index (χ3v) is 10.8. The first-order chi connectivity index (χ1) is 24.3. The van der Waals surface area contributed by atoms with Gasteiger partial charge in [0.15, 0.2) is 0 Å². The first-order valence-corrected chi connectivity index (χ1v) is 17.9. The number of rotatable bonds is 11. The van der Waals surface area contributed by atoms with Crippen molar-refractivity contribution in [1.82, 2.24) is 25.8 Å². The zero-order valence-electron chi connectivity index (χ0n) is 28.3. The van der Waals surface area contributed by atoms with E-state index >= 15 is 0 Å². The van der Waals surface area contributed by atoms with Gasteiger partial charge in [0.2, 0.25) is 17.7 Å². The zero-order chi connectivity index (χ0) is 34.8. The summed E-state index contributed by atoms with van der Waals surface area (Å²) in [7, 11) is 3.32. The number of nitrogens with zero attached hydrogens (tertiary/aromatic N) is 2. The first-order valence-electron chi connectivity index (χ1n) is 17.1. The molecule has 3 aliphatic heterocycles. The topological polar surface area (TPSA) is 105 Å². The van der Waals surface area contributed by atoms with Crippen molar-refractivity contribution >= 4 is 35.0 Å². The number of halogens is 2. The Kier molecular flexibility index (Phi) is 10.3. The molecule has 0 spiro atoms. The van der Waals surface area contributed by atoms with Gasteiger partial charge in [-0.05, 0) is 54.2 Å². The van der Waals surface area contributed by atoms with Crippen LogP contribution in [0.4, 0.5) is 0 Å². The maximum absolute atomic E-state index is 11.8. The molecule has 50 heavy (non-hydrogen) atoms. The van der Waals surface area contributed by atoms with E-state index in [1.807, 2.05) is 48.5 Å². The molecule has 3 aromatic carbocycles. The second-order valence-electron chi connectivity index (χ2n) is 13.2. The van der Waals surface area contributed by atoms with Crippen molar-refractivity contribution < 1.29 is 19.1 Å². The third kappa shape index (κ3) is 7.19. The van der Waals surface area contributed by atoms with Crippen molar-refractivity contribution in [3.05, 3.63) is 87.4 Å². The lowest BCUT2D eigenvalue weighted by molar-refractivity contribution is -0.120. The smallest absolute Gasteiger partial charge is 0.220 e. The van der Waals surface area contributed by atoms with Crippen LogP contribution in [0.25, 0.3) is 33.5 Å². The Morgan fingerprint density at radius 2 is 1.52 bits per heavy atom. The van der Waals surface area contributed by atoms with Crippen molar-refractivity contribution in [2.75, 3.05) is 33.9 Å². The summed E-state index contributed by atoms with van der Waals surface area (Å²) < 4.78 is 11.6. The van der Waals surface area contributed by atoms with Gasteiger partial charge >= 0.3 is 0 Å². The van der Waals surface area contributed by atoms with Gasteiger partial charge in [-0.25, -0.2) is 4.98 Å². The Hall–Kier alpha value is -4.15. The average Bonchev–Trinajstić information content (AvgIpc) is 3.74. The molecule has 4 aromatic rings. The second kappa shape index (κ2) is 15.0. The van der Waals surface area contributed by atoms with Gasteiger partial charge in [-0.3, -0.25) is 14.5 Å². The highest BCUT2D eigenvalue weighted by atomic mass is 35.5. The van der Waals surface area contributed by atoms with Crippen LogP contribution in [-0.4, -0.2) is 67.6 Å². The van der Waals surface area contributed by atoms with Crippen LogP contribution in [0.2, 0.25) is 10.0 Å². The maximum Gasteiger partial charge on any atom is 0.220 e. The van der Waals surface area contributed by atoms with Crippen molar-refractivity contribution in [2.45, 2.75) is 57.3 Å². The third-order valence-electron chi connectivity index (χ3n) is 9.95. The fourth-order valence-electron chi connectivity index (χ4n) is 7.38. The average molecular weight is 715 g/mol. The molecule has 2 fully saturated rings. The number of fused-ring (bicyclic) bond motifs is 1. The van der Waals surface area contributed by atoms with Crippen molar-refractivity contribution in [1.29, 1.82) is 0 Å². The van der Waals surface area contributed by atoms with Crippen LogP contribution in [-0.2, 0) is 29.1 Å². The summed E-state index contributed by atoms with van der Waals surface area (Å²) in [5, 5.41) is 10.6. The van der Waals surface area contributed by atoms with Gasteiger partial charge in [-0.2, -0.15) is 0 Å². The summed E-state index contributed by atoms with van der Waals surface area (Å²) in [6, 6.07) is 20.5. The Morgan fingerprint density at radius 3 is 2.20 bits per heavy atom. The summed E-state index contributed by atoms with van der Waals surface area (Å²) in [6.07, 6.45) is 3.78. The number of carbonyl (C=O) groups is 2. The summed E-state index contributed by atoms with van der Waals surface area (Å²) in [6.45, 7) is 3.78. The molecule has 2 amide bonds. The first kappa shape index (κ1) is 34.3. The lowest BCUT2D eigenvalue weighted by Gasteiger charge is -2.32. The number of benzene rings is 3. The molecule has 7 rings (SSSR count). The van der Waals surface area contributed by atoms with Gasteiger partial charge in [0.25, 0.3) is 0 Å². The van der Waals surface area contributed by atoms with Crippen molar-refractivity contribution in [3.63, 3.8) is 0 Å². The number of amides is 2. The zero-order valence-corrected chi connectivity index (χ0v) is 29.8. The molecule has 2 saturated heterocycles. The van der Waals surface area contributed by atoms with E-state index in [1.165, 1.54) is 11.1 Å². The Bertz CT molecular complexity index is 1940. The van der Waals surface area contributed by atoms with E-state index in [4.69, 9.17) is 37.7 Å². The quantitative estimate of drug-likeness (QED) is 0.165.